The van der Waals surface area contributed by atoms with Crippen LogP contribution in [0.5, 0.6) is 0 Å². The summed E-state index contributed by atoms with van der Waals surface area (Å²) in [5.74, 6) is -1.41. The topological polar surface area (TPSA) is 55.8 Å². The van der Waals surface area contributed by atoms with E-state index in [0.717, 1.165) is 19.4 Å². The normalized spacial score (nSPS) is 33.6. The van der Waals surface area contributed by atoms with Crippen LogP contribution in [0.1, 0.15) is 26.7 Å². The Morgan fingerprint density at radius 2 is 1.79 bits per heavy atom. The summed E-state index contributed by atoms with van der Waals surface area (Å²) in [6, 6.07) is 0.0674. The molecule has 2 fully saturated rings. The van der Waals surface area contributed by atoms with Crippen LogP contribution in [0.25, 0.3) is 0 Å². The molecule has 5 nitrogen and oxygen atoms in total. The Hall–Kier alpha value is -1.10. The molecule has 0 aliphatic carbocycles. The Morgan fingerprint density at radius 1 is 1.16 bits per heavy atom. The van der Waals surface area contributed by atoms with Gasteiger partial charge < -0.3 is 9.47 Å². The third kappa shape index (κ3) is 2.36. The Morgan fingerprint density at radius 3 is 2.37 bits per heavy atom. The minimum Gasteiger partial charge on any atom is -0.469 e. The van der Waals surface area contributed by atoms with Crippen LogP contribution in [0.2, 0.25) is 0 Å². The molecule has 2 heterocycles. The highest BCUT2D eigenvalue weighted by molar-refractivity contribution is 5.83. The Labute approximate surface area is 114 Å². The van der Waals surface area contributed by atoms with Gasteiger partial charge in [-0.1, -0.05) is 13.8 Å². The van der Waals surface area contributed by atoms with Gasteiger partial charge in [-0.3, -0.25) is 14.5 Å². The van der Waals surface area contributed by atoms with Crippen molar-refractivity contribution in [2.45, 2.75) is 32.7 Å². The predicted molar refractivity (Wildman–Crippen MR) is 69.4 cm³/mol. The molecule has 0 radical (unpaired) electrons. The molecule has 0 aromatic rings. The predicted octanol–water partition coefficient (Wildman–Crippen LogP) is 1.07. The van der Waals surface area contributed by atoms with E-state index in [1.165, 1.54) is 14.2 Å². The second kappa shape index (κ2) is 5.12. The van der Waals surface area contributed by atoms with Crippen LogP contribution in [-0.2, 0) is 19.1 Å². The van der Waals surface area contributed by atoms with Crippen molar-refractivity contribution in [2.24, 2.45) is 17.3 Å². The smallest absolute Gasteiger partial charge is 0.311 e. The lowest BCUT2D eigenvalue weighted by Crippen LogP contribution is -2.50. The highest BCUT2D eigenvalue weighted by Gasteiger charge is 2.56. The molecule has 0 unspecified atom stereocenters. The van der Waals surface area contributed by atoms with Crippen molar-refractivity contribution in [3.8, 4) is 0 Å². The molecule has 19 heavy (non-hydrogen) atoms. The van der Waals surface area contributed by atoms with E-state index in [1.54, 1.807) is 0 Å². The minimum atomic E-state index is -0.409. The number of methoxy groups -OCH3 is 2. The third-order valence-electron chi connectivity index (χ3n) is 4.64. The lowest BCUT2D eigenvalue weighted by molar-refractivity contribution is -0.157. The fourth-order valence-electron chi connectivity index (χ4n) is 3.83. The zero-order chi connectivity index (χ0) is 14.2. The minimum absolute atomic E-state index is 0.0138. The molecule has 108 valence electrons. The number of rotatable bonds is 2. The van der Waals surface area contributed by atoms with E-state index in [1.807, 2.05) is 0 Å². The summed E-state index contributed by atoms with van der Waals surface area (Å²) < 4.78 is 9.79. The maximum absolute atomic E-state index is 12.1. The summed E-state index contributed by atoms with van der Waals surface area (Å²) >= 11 is 0. The van der Waals surface area contributed by atoms with Gasteiger partial charge in [-0.15, -0.1) is 0 Å². The maximum Gasteiger partial charge on any atom is 0.311 e. The number of fused-ring (bicyclic) bond motifs is 1. The summed E-state index contributed by atoms with van der Waals surface area (Å²) in [7, 11) is 2.76. The number of carbonyl (C=O) groups is 2. The number of piperidine rings is 1. The number of hydrogen-bond donors (Lipinski definition) is 0. The number of esters is 2. The van der Waals surface area contributed by atoms with Crippen molar-refractivity contribution in [2.75, 3.05) is 27.3 Å². The first-order valence-electron chi connectivity index (χ1n) is 6.82. The van der Waals surface area contributed by atoms with E-state index < -0.39 is 11.8 Å². The maximum atomic E-state index is 12.1. The van der Waals surface area contributed by atoms with Crippen LogP contribution < -0.4 is 0 Å². The average molecular weight is 269 g/mol. The standard InChI is InChI=1S/C14H23NO4/c1-14(2)6-5-7-15-8-9(12(16)18-3)10(11(14)15)13(17)19-4/h9-11H,5-8H2,1-4H3/t9-,10-,11-/m1/s1. The lowest BCUT2D eigenvalue weighted by atomic mass is 9.71. The van der Waals surface area contributed by atoms with Crippen LogP contribution in [-0.4, -0.2) is 50.2 Å². The van der Waals surface area contributed by atoms with Gasteiger partial charge in [-0.25, -0.2) is 0 Å². The van der Waals surface area contributed by atoms with Crippen molar-refractivity contribution in [3.05, 3.63) is 0 Å². The quantitative estimate of drug-likeness (QED) is 0.702. The van der Waals surface area contributed by atoms with Crippen LogP contribution in [0, 0.1) is 17.3 Å². The van der Waals surface area contributed by atoms with Gasteiger partial charge in [0, 0.05) is 12.6 Å². The summed E-state index contributed by atoms with van der Waals surface area (Å²) in [6.07, 6.45) is 2.17. The van der Waals surface area contributed by atoms with E-state index >= 15 is 0 Å². The van der Waals surface area contributed by atoms with Crippen LogP contribution in [0.15, 0.2) is 0 Å². The van der Waals surface area contributed by atoms with E-state index in [-0.39, 0.29) is 23.4 Å². The first kappa shape index (κ1) is 14.3. The largest absolute Gasteiger partial charge is 0.469 e. The lowest BCUT2D eigenvalue weighted by Gasteiger charge is -2.44. The Bertz CT molecular complexity index is 380. The molecular weight excluding hydrogens is 246 g/mol. The van der Waals surface area contributed by atoms with Gasteiger partial charge in [-0.05, 0) is 24.8 Å². The van der Waals surface area contributed by atoms with E-state index in [2.05, 4.69) is 18.7 Å². The summed E-state index contributed by atoms with van der Waals surface area (Å²) in [5.41, 5.74) is 0.0138. The van der Waals surface area contributed by atoms with Gasteiger partial charge in [0.1, 0.15) is 0 Å². The first-order valence-corrected chi connectivity index (χ1v) is 6.82. The molecule has 0 amide bonds. The summed E-state index contributed by atoms with van der Waals surface area (Å²) in [6.45, 7) is 5.87. The molecule has 5 heteroatoms. The number of carbonyl (C=O) groups excluding carboxylic acids is 2. The number of ether oxygens (including phenoxy) is 2. The number of hydrogen-bond acceptors (Lipinski definition) is 5. The zero-order valence-corrected chi connectivity index (χ0v) is 12.1. The van der Waals surface area contributed by atoms with Crippen LogP contribution in [0.3, 0.4) is 0 Å². The SMILES string of the molecule is COC(=O)[C@@H]1[C@H](C(=O)OC)CN2CCCC(C)(C)[C@@H]12. The fourth-order valence-corrected chi connectivity index (χ4v) is 3.83. The molecule has 2 rings (SSSR count). The molecule has 0 saturated carbocycles. The molecule has 2 saturated heterocycles. The monoisotopic (exact) mass is 269 g/mol. The van der Waals surface area contributed by atoms with Gasteiger partial charge in [0.25, 0.3) is 0 Å². The van der Waals surface area contributed by atoms with Crippen molar-refractivity contribution < 1.29 is 19.1 Å². The zero-order valence-electron chi connectivity index (χ0n) is 12.1. The van der Waals surface area contributed by atoms with E-state index in [4.69, 9.17) is 9.47 Å². The highest BCUT2D eigenvalue weighted by atomic mass is 16.5. The Kier molecular flexibility index (Phi) is 3.85. The molecular formula is C14H23NO4. The van der Waals surface area contributed by atoms with Gasteiger partial charge in [0.15, 0.2) is 0 Å². The summed E-state index contributed by atoms with van der Waals surface area (Å²) in [5, 5.41) is 0. The van der Waals surface area contributed by atoms with Gasteiger partial charge in [0.05, 0.1) is 26.1 Å². The third-order valence-corrected chi connectivity index (χ3v) is 4.64. The molecule has 3 atom stereocenters. The van der Waals surface area contributed by atoms with Crippen LogP contribution >= 0.6 is 0 Å². The van der Waals surface area contributed by atoms with E-state index in [9.17, 15) is 9.59 Å². The van der Waals surface area contributed by atoms with E-state index in [0.29, 0.717) is 6.54 Å². The average Bonchev–Trinajstić information content (AvgIpc) is 2.77. The fraction of sp³-hybridized carbons (Fsp3) is 0.857. The summed E-state index contributed by atoms with van der Waals surface area (Å²) in [4.78, 5) is 26.3. The molecule has 0 aromatic carbocycles. The molecule has 0 N–H and O–H groups in total. The molecule has 2 aliphatic rings. The van der Waals surface area contributed by atoms with Crippen molar-refractivity contribution in [1.29, 1.82) is 0 Å². The van der Waals surface area contributed by atoms with Crippen LogP contribution in [0.4, 0.5) is 0 Å². The van der Waals surface area contributed by atoms with Gasteiger partial charge in [-0.2, -0.15) is 0 Å². The van der Waals surface area contributed by atoms with Crippen molar-refractivity contribution in [3.63, 3.8) is 0 Å². The molecule has 2 aliphatic heterocycles. The van der Waals surface area contributed by atoms with Crippen molar-refractivity contribution >= 4 is 11.9 Å². The second-order valence-electron chi connectivity index (χ2n) is 6.21. The molecule has 0 aromatic heterocycles. The van der Waals surface area contributed by atoms with Gasteiger partial charge >= 0.3 is 11.9 Å². The second-order valence-corrected chi connectivity index (χ2v) is 6.21. The van der Waals surface area contributed by atoms with Gasteiger partial charge in [0.2, 0.25) is 0 Å². The first-order chi connectivity index (χ1) is 8.92. The molecule has 0 bridgehead atoms. The molecule has 0 spiro atoms. The highest BCUT2D eigenvalue weighted by Crippen LogP contribution is 2.46. The van der Waals surface area contributed by atoms with Crippen molar-refractivity contribution in [1.82, 2.24) is 4.90 Å². The number of nitrogens with zero attached hydrogens (tertiary/aromatic N) is 1. The Balaban J connectivity index is 2.34.